The number of aromatic nitrogens is 3. The van der Waals surface area contributed by atoms with Crippen LogP contribution >= 0.6 is 0 Å². The Morgan fingerprint density at radius 1 is 0.958 bits per heavy atom. The molecule has 0 aliphatic heterocycles. The molecule has 1 aromatic heterocycles. The van der Waals surface area contributed by atoms with Gasteiger partial charge in [0.05, 0.1) is 6.21 Å². The molecule has 0 bridgehead atoms. The average Bonchev–Trinajstić information content (AvgIpc) is 3.13. The summed E-state index contributed by atoms with van der Waals surface area (Å²) in [6.07, 6.45) is 4.79. The van der Waals surface area contributed by atoms with Gasteiger partial charge in [-0.1, -0.05) is 18.2 Å². The maximum atomic E-state index is 5.70. The highest BCUT2D eigenvalue weighted by molar-refractivity contribution is 5.79. The number of para-hydroxylation sites is 1. The van der Waals surface area contributed by atoms with E-state index < -0.39 is 0 Å². The molecule has 0 unspecified atom stereocenters. The molecule has 3 aromatic rings. The number of ether oxygens (including phenoxy) is 2. The number of nitrogens with zero attached hydrogens (tertiary/aromatic N) is 4. The van der Waals surface area contributed by atoms with E-state index in [0.29, 0.717) is 13.2 Å². The number of benzene rings is 2. The predicted octanol–water partition coefficient (Wildman–Crippen LogP) is 2.93. The molecule has 2 aromatic carbocycles. The van der Waals surface area contributed by atoms with E-state index in [-0.39, 0.29) is 0 Å². The second-order valence-corrected chi connectivity index (χ2v) is 5.12. The first-order valence-electron chi connectivity index (χ1n) is 7.61. The van der Waals surface area contributed by atoms with Crippen molar-refractivity contribution >= 4 is 6.21 Å². The van der Waals surface area contributed by atoms with E-state index in [1.165, 1.54) is 17.3 Å². The van der Waals surface area contributed by atoms with Crippen LogP contribution in [-0.4, -0.2) is 34.3 Å². The second kappa shape index (κ2) is 7.92. The van der Waals surface area contributed by atoms with Crippen LogP contribution in [-0.2, 0) is 0 Å². The van der Waals surface area contributed by atoms with Crippen molar-refractivity contribution < 1.29 is 9.47 Å². The van der Waals surface area contributed by atoms with Gasteiger partial charge in [-0.3, -0.25) is 0 Å². The smallest absolute Gasteiger partial charge is 0.141 e. The first kappa shape index (κ1) is 15.7. The number of rotatable bonds is 7. The Bertz CT molecular complexity index is 783. The van der Waals surface area contributed by atoms with Crippen LogP contribution in [0, 0.1) is 6.92 Å². The first-order chi connectivity index (χ1) is 11.8. The molecule has 0 saturated carbocycles. The molecule has 0 aliphatic carbocycles. The number of aryl methyl sites for hydroxylation is 1. The van der Waals surface area contributed by atoms with Crippen molar-refractivity contribution in [3.8, 4) is 11.5 Å². The van der Waals surface area contributed by atoms with E-state index in [1.807, 2.05) is 55.5 Å². The Hall–Kier alpha value is -3.15. The van der Waals surface area contributed by atoms with Crippen LogP contribution in [0.3, 0.4) is 0 Å². The Morgan fingerprint density at radius 3 is 2.42 bits per heavy atom. The van der Waals surface area contributed by atoms with Crippen molar-refractivity contribution in [2.75, 3.05) is 13.2 Å². The summed E-state index contributed by atoms with van der Waals surface area (Å²) in [5.74, 6) is 1.69. The highest BCUT2D eigenvalue weighted by Crippen LogP contribution is 2.16. The monoisotopic (exact) mass is 322 g/mol. The quantitative estimate of drug-likeness (QED) is 0.496. The van der Waals surface area contributed by atoms with Crippen molar-refractivity contribution in [3.05, 3.63) is 72.3 Å². The molecule has 0 N–H and O–H groups in total. The van der Waals surface area contributed by atoms with E-state index in [4.69, 9.17) is 9.47 Å². The van der Waals surface area contributed by atoms with E-state index in [0.717, 1.165) is 22.6 Å². The number of hydrogen-bond acceptors (Lipinski definition) is 5. The van der Waals surface area contributed by atoms with Crippen molar-refractivity contribution in [1.29, 1.82) is 0 Å². The number of hydrogen-bond donors (Lipinski definition) is 0. The summed E-state index contributed by atoms with van der Waals surface area (Å²) in [7, 11) is 0. The van der Waals surface area contributed by atoms with Gasteiger partial charge in [-0.2, -0.15) is 5.10 Å². The van der Waals surface area contributed by atoms with Gasteiger partial charge in [-0.05, 0) is 48.4 Å². The predicted molar refractivity (Wildman–Crippen MR) is 91.6 cm³/mol. The maximum absolute atomic E-state index is 5.70. The lowest BCUT2D eigenvalue weighted by atomic mass is 10.2. The lowest BCUT2D eigenvalue weighted by Gasteiger charge is -2.10. The third-order valence-corrected chi connectivity index (χ3v) is 3.33. The van der Waals surface area contributed by atoms with Gasteiger partial charge < -0.3 is 9.47 Å². The van der Waals surface area contributed by atoms with Gasteiger partial charge >= 0.3 is 0 Å². The molecule has 0 amide bonds. The molecule has 0 fully saturated rings. The molecule has 6 nitrogen and oxygen atoms in total. The van der Waals surface area contributed by atoms with Crippen molar-refractivity contribution in [2.24, 2.45) is 5.10 Å². The molecule has 1 heterocycles. The summed E-state index contributed by atoms with van der Waals surface area (Å²) in [5.41, 5.74) is 2.08. The minimum atomic E-state index is 0.489. The van der Waals surface area contributed by atoms with E-state index in [9.17, 15) is 0 Å². The standard InChI is InChI=1S/C18H18N4O2/c1-15-4-2-3-5-18(15)24-11-10-23-17-8-6-16(7-9-17)12-21-22-13-19-20-14-22/h2-9,12-14H,10-11H2,1H3. The summed E-state index contributed by atoms with van der Waals surface area (Å²) in [5, 5.41) is 11.6. The van der Waals surface area contributed by atoms with Gasteiger partial charge in [0.25, 0.3) is 0 Å². The normalized spacial score (nSPS) is 10.9. The third kappa shape index (κ3) is 4.42. The fraction of sp³-hybridized carbons (Fsp3) is 0.167. The van der Waals surface area contributed by atoms with Crippen molar-refractivity contribution in [1.82, 2.24) is 14.9 Å². The molecule has 0 radical (unpaired) electrons. The Balaban J connectivity index is 1.45. The van der Waals surface area contributed by atoms with Gasteiger partial charge in [0.15, 0.2) is 0 Å². The lowest BCUT2D eigenvalue weighted by molar-refractivity contribution is 0.216. The summed E-state index contributed by atoms with van der Waals surface area (Å²) in [4.78, 5) is 0. The Morgan fingerprint density at radius 2 is 1.67 bits per heavy atom. The zero-order valence-electron chi connectivity index (χ0n) is 13.4. The minimum Gasteiger partial charge on any atom is -0.490 e. The van der Waals surface area contributed by atoms with Crippen LogP contribution in [0.1, 0.15) is 11.1 Å². The van der Waals surface area contributed by atoms with Crippen LogP contribution < -0.4 is 9.47 Å². The zero-order chi connectivity index (χ0) is 16.6. The largest absolute Gasteiger partial charge is 0.490 e. The summed E-state index contributed by atoms with van der Waals surface area (Å²) in [6.45, 7) is 3.01. The van der Waals surface area contributed by atoms with Gasteiger partial charge in [0.1, 0.15) is 37.4 Å². The van der Waals surface area contributed by atoms with Gasteiger partial charge in [0.2, 0.25) is 0 Å². The fourth-order valence-corrected chi connectivity index (χ4v) is 2.07. The maximum Gasteiger partial charge on any atom is 0.141 e. The van der Waals surface area contributed by atoms with Gasteiger partial charge in [-0.15, -0.1) is 10.2 Å². The van der Waals surface area contributed by atoms with Crippen LogP contribution in [0.2, 0.25) is 0 Å². The highest BCUT2D eigenvalue weighted by atomic mass is 16.5. The molecule has 0 atom stereocenters. The molecule has 0 saturated heterocycles. The molecule has 0 spiro atoms. The molecule has 122 valence electrons. The van der Waals surface area contributed by atoms with Crippen LogP contribution in [0.15, 0.2) is 66.3 Å². The zero-order valence-corrected chi connectivity index (χ0v) is 13.4. The second-order valence-electron chi connectivity index (χ2n) is 5.12. The molecule has 3 rings (SSSR count). The van der Waals surface area contributed by atoms with Gasteiger partial charge in [-0.25, -0.2) is 4.68 Å². The van der Waals surface area contributed by atoms with Gasteiger partial charge in [0, 0.05) is 0 Å². The summed E-state index contributed by atoms with van der Waals surface area (Å²) < 4.78 is 12.9. The van der Waals surface area contributed by atoms with Crippen molar-refractivity contribution in [2.45, 2.75) is 6.92 Å². The van der Waals surface area contributed by atoms with E-state index in [2.05, 4.69) is 15.3 Å². The fourth-order valence-electron chi connectivity index (χ4n) is 2.07. The highest BCUT2D eigenvalue weighted by Gasteiger charge is 1.98. The van der Waals surface area contributed by atoms with Crippen molar-refractivity contribution in [3.63, 3.8) is 0 Å². The van der Waals surface area contributed by atoms with Crippen LogP contribution in [0.4, 0.5) is 0 Å². The molecular weight excluding hydrogens is 304 g/mol. The van der Waals surface area contributed by atoms with E-state index in [1.54, 1.807) is 6.21 Å². The lowest BCUT2D eigenvalue weighted by Crippen LogP contribution is -2.09. The molecule has 0 aliphatic rings. The van der Waals surface area contributed by atoms with E-state index >= 15 is 0 Å². The topological polar surface area (TPSA) is 61.5 Å². The van der Waals surface area contributed by atoms with Crippen LogP contribution in [0.25, 0.3) is 0 Å². The third-order valence-electron chi connectivity index (χ3n) is 3.33. The Kier molecular flexibility index (Phi) is 5.19. The SMILES string of the molecule is Cc1ccccc1OCCOc1ccc(C=Nn2cnnc2)cc1. The summed E-state index contributed by atoms with van der Waals surface area (Å²) in [6, 6.07) is 15.6. The first-order valence-corrected chi connectivity index (χ1v) is 7.61. The summed E-state index contributed by atoms with van der Waals surface area (Å²) >= 11 is 0. The molecule has 24 heavy (non-hydrogen) atoms. The molecular formula is C18H18N4O2. The minimum absolute atomic E-state index is 0.489. The average molecular weight is 322 g/mol. The molecule has 6 heteroatoms. The Labute approximate surface area is 140 Å². The van der Waals surface area contributed by atoms with Crippen LogP contribution in [0.5, 0.6) is 11.5 Å².